The zero-order valence-electron chi connectivity index (χ0n) is 11.4. The maximum absolute atomic E-state index is 12.6. The first kappa shape index (κ1) is 12.9. The minimum Gasteiger partial charge on any atom is -0.480 e. The van der Waals surface area contributed by atoms with E-state index in [4.69, 9.17) is 0 Å². The molecule has 1 N–H and O–H groups in total. The van der Waals surface area contributed by atoms with Crippen LogP contribution >= 0.6 is 0 Å². The van der Waals surface area contributed by atoms with Crippen LogP contribution in [0.15, 0.2) is 0 Å². The van der Waals surface area contributed by atoms with Crippen LogP contribution in [0.1, 0.15) is 51.4 Å². The van der Waals surface area contributed by atoms with Crippen LogP contribution in [0.25, 0.3) is 0 Å². The number of nitrogens with zero attached hydrogens (tertiary/aromatic N) is 1. The van der Waals surface area contributed by atoms with Crippen molar-refractivity contribution in [2.45, 2.75) is 57.4 Å². The average molecular weight is 265 g/mol. The normalized spacial score (nSPS) is 35.4. The van der Waals surface area contributed by atoms with Crippen LogP contribution in [0.3, 0.4) is 0 Å². The van der Waals surface area contributed by atoms with Crippen molar-refractivity contribution >= 4 is 11.9 Å². The van der Waals surface area contributed by atoms with Gasteiger partial charge in [0.15, 0.2) is 0 Å². The van der Waals surface area contributed by atoms with Gasteiger partial charge < -0.3 is 10.0 Å². The van der Waals surface area contributed by atoms with E-state index in [1.807, 2.05) is 0 Å². The van der Waals surface area contributed by atoms with Crippen LogP contribution in [-0.2, 0) is 9.59 Å². The lowest BCUT2D eigenvalue weighted by Gasteiger charge is -2.30. The predicted molar refractivity (Wildman–Crippen MR) is 70.5 cm³/mol. The van der Waals surface area contributed by atoms with Gasteiger partial charge in [-0.3, -0.25) is 4.79 Å². The summed E-state index contributed by atoms with van der Waals surface area (Å²) in [5, 5.41) is 9.48. The minimum absolute atomic E-state index is 0.0921. The number of aliphatic carboxylic acids is 1. The molecule has 0 bridgehead atoms. The van der Waals surface area contributed by atoms with Crippen molar-refractivity contribution in [1.29, 1.82) is 0 Å². The Morgan fingerprint density at radius 2 is 1.68 bits per heavy atom. The molecule has 3 unspecified atom stereocenters. The summed E-state index contributed by atoms with van der Waals surface area (Å²) in [5.41, 5.74) is 0. The van der Waals surface area contributed by atoms with Crippen molar-refractivity contribution < 1.29 is 14.7 Å². The topological polar surface area (TPSA) is 57.6 Å². The highest BCUT2D eigenvalue weighted by Gasteiger charge is 2.50. The highest BCUT2D eigenvalue weighted by Crippen LogP contribution is 2.43. The summed E-state index contributed by atoms with van der Waals surface area (Å²) >= 11 is 0. The molecule has 3 rings (SSSR count). The molecule has 1 saturated heterocycles. The Morgan fingerprint density at radius 3 is 2.37 bits per heavy atom. The van der Waals surface area contributed by atoms with Crippen molar-refractivity contribution in [1.82, 2.24) is 4.90 Å². The minimum atomic E-state index is -0.793. The molecule has 3 aliphatic rings. The molecule has 0 spiro atoms. The third-order valence-corrected chi connectivity index (χ3v) is 5.38. The van der Waals surface area contributed by atoms with Crippen molar-refractivity contribution in [2.75, 3.05) is 6.54 Å². The Morgan fingerprint density at radius 1 is 0.947 bits per heavy atom. The van der Waals surface area contributed by atoms with Crippen LogP contribution in [0.4, 0.5) is 0 Å². The van der Waals surface area contributed by atoms with E-state index >= 15 is 0 Å². The molecule has 3 fully saturated rings. The monoisotopic (exact) mass is 265 g/mol. The highest BCUT2D eigenvalue weighted by molar-refractivity contribution is 5.86. The first-order valence-electron chi connectivity index (χ1n) is 7.72. The van der Waals surface area contributed by atoms with Gasteiger partial charge in [-0.15, -0.1) is 0 Å². The maximum Gasteiger partial charge on any atom is 0.326 e. The van der Waals surface area contributed by atoms with Crippen LogP contribution in [0, 0.1) is 17.8 Å². The number of likely N-dealkylation sites (tertiary alicyclic amines) is 1. The lowest BCUT2D eigenvalue weighted by molar-refractivity contribution is -0.151. The molecule has 4 nitrogen and oxygen atoms in total. The van der Waals surface area contributed by atoms with Crippen molar-refractivity contribution in [3.63, 3.8) is 0 Å². The first-order chi connectivity index (χ1) is 9.18. The number of hydrogen-bond donors (Lipinski definition) is 1. The second-order valence-corrected chi connectivity index (χ2v) is 6.46. The number of carboxylic acid groups (broad SMARTS) is 1. The number of hydrogen-bond acceptors (Lipinski definition) is 2. The van der Waals surface area contributed by atoms with Gasteiger partial charge in [0, 0.05) is 12.5 Å². The number of carboxylic acids is 1. The van der Waals surface area contributed by atoms with Crippen molar-refractivity contribution in [3.8, 4) is 0 Å². The molecule has 0 aromatic heterocycles. The van der Waals surface area contributed by atoms with E-state index in [1.54, 1.807) is 4.90 Å². The Balaban J connectivity index is 1.75. The van der Waals surface area contributed by atoms with Gasteiger partial charge in [0.25, 0.3) is 0 Å². The largest absolute Gasteiger partial charge is 0.480 e. The zero-order valence-corrected chi connectivity index (χ0v) is 11.4. The van der Waals surface area contributed by atoms with E-state index in [1.165, 1.54) is 6.42 Å². The first-order valence-corrected chi connectivity index (χ1v) is 7.72. The molecule has 3 atom stereocenters. The van der Waals surface area contributed by atoms with E-state index in [-0.39, 0.29) is 17.7 Å². The maximum atomic E-state index is 12.6. The standard InChI is InChI=1S/C15H23NO3/c17-14(10-5-2-1-3-6-10)16-9-11-7-4-8-12(11)13(16)15(18)19/h10-13H,1-9H2,(H,18,19). The summed E-state index contributed by atoms with van der Waals surface area (Å²) < 4.78 is 0. The summed E-state index contributed by atoms with van der Waals surface area (Å²) in [6.07, 6.45) is 8.58. The second kappa shape index (κ2) is 5.14. The Kier molecular flexibility index (Phi) is 3.50. The number of carbonyl (C=O) groups excluding carboxylic acids is 1. The van der Waals surface area contributed by atoms with E-state index in [9.17, 15) is 14.7 Å². The third-order valence-electron chi connectivity index (χ3n) is 5.38. The molecule has 2 aliphatic carbocycles. The molecule has 1 heterocycles. The summed E-state index contributed by atoms with van der Waals surface area (Å²) in [4.78, 5) is 25.9. The van der Waals surface area contributed by atoms with Gasteiger partial charge in [-0.25, -0.2) is 4.79 Å². The summed E-state index contributed by atoms with van der Waals surface area (Å²) in [6, 6.07) is -0.540. The van der Waals surface area contributed by atoms with Gasteiger partial charge in [0.2, 0.25) is 5.91 Å². The molecule has 1 aliphatic heterocycles. The number of amides is 1. The molecule has 0 aromatic carbocycles. The van der Waals surface area contributed by atoms with Crippen molar-refractivity contribution in [2.24, 2.45) is 17.8 Å². The summed E-state index contributed by atoms with van der Waals surface area (Å²) in [6.45, 7) is 0.691. The molecule has 2 saturated carbocycles. The van der Waals surface area contributed by atoms with Crippen LogP contribution in [-0.4, -0.2) is 34.5 Å². The van der Waals surface area contributed by atoms with E-state index < -0.39 is 12.0 Å². The zero-order chi connectivity index (χ0) is 13.4. The van der Waals surface area contributed by atoms with Gasteiger partial charge >= 0.3 is 5.97 Å². The van der Waals surface area contributed by atoms with Crippen LogP contribution in [0.2, 0.25) is 0 Å². The van der Waals surface area contributed by atoms with Gasteiger partial charge in [-0.05, 0) is 37.5 Å². The van der Waals surface area contributed by atoms with E-state index in [0.717, 1.165) is 44.9 Å². The molecular formula is C15H23NO3. The van der Waals surface area contributed by atoms with Crippen LogP contribution < -0.4 is 0 Å². The highest BCUT2D eigenvalue weighted by atomic mass is 16.4. The molecule has 106 valence electrons. The second-order valence-electron chi connectivity index (χ2n) is 6.46. The molecule has 1 amide bonds. The lowest BCUT2D eigenvalue weighted by Crippen LogP contribution is -2.46. The number of carbonyl (C=O) groups is 2. The Bertz CT molecular complexity index is 376. The molecule has 0 aromatic rings. The smallest absolute Gasteiger partial charge is 0.326 e. The van der Waals surface area contributed by atoms with Crippen molar-refractivity contribution in [3.05, 3.63) is 0 Å². The Labute approximate surface area is 114 Å². The quantitative estimate of drug-likeness (QED) is 0.833. The van der Waals surface area contributed by atoms with Gasteiger partial charge in [0.05, 0.1) is 0 Å². The van der Waals surface area contributed by atoms with E-state index in [0.29, 0.717) is 12.5 Å². The summed E-state index contributed by atoms with van der Waals surface area (Å²) in [7, 11) is 0. The predicted octanol–water partition coefficient (Wildman–Crippen LogP) is 2.28. The fourth-order valence-electron chi connectivity index (χ4n) is 4.43. The molecule has 4 heteroatoms. The fourth-order valence-corrected chi connectivity index (χ4v) is 4.43. The van der Waals surface area contributed by atoms with Gasteiger partial charge in [-0.2, -0.15) is 0 Å². The SMILES string of the molecule is O=C(O)C1C2CCCC2CN1C(=O)C1CCCCC1. The summed E-state index contributed by atoms with van der Waals surface area (Å²) in [5.74, 6) is 0.0770. The fraction of sp³-hybridized carbons (Fsp3) is 0.867. The molecule has 19 heavy (non-hydrogen) atoms. The van der Waals surface area contributed by atoms with E-state index in [2.05, 4.69) is 0 Å². The van der Waals surface area contributed by atoms with Gasteiger partial charge in [0.1, 0.15) is 6.04 Å². The number of fused-ring (bicyclic) bond motifs is 1. The number of rotatable bonds is 2. The lowest BCUT2D eigenvalue weighted by atomic mass is 9.88. The Hall–Kier alpha value is -1.06. The van der Waals surface area contributed by atoms with Gasteiger partial charge in [-0.1, -0.05) is 25.7 Å². The average Bonchev–Trinajstić information content (AvgIpc) is 2.98. The third kappa shape index (κ3) is 2.26. The molecular weight excluding hydrogens is 242 g/mol. The molecule has 0 radical (unpaired) electrons. The van der Waals surface area contributed by atoms with Crippen LogP contribution in [0.5, 0.6) is 0 Å².